The fraction of sp³-hybridized carbons (Fsp3) is 0.760. The first-order valence-electron chi connectivity index (χ1n) is 11.8. The Balaban J connectivity index is 1.43. The van der Waals surface area contributed by atoms with E-state index in [2.05, 4.69) is 31.9 Å². The molecule has 0 unspecified atom stereocenters. The van der Waals surface area contributed by atoms with Gasteiger partial charge in [0, 0.05) is 18.2 Å². The Hall–Kier alpha value is -1.42. The number of nitrogens with zero attached hydrogens (tertiary/aromatic N) is 2. The Morgan fingerprint density at radius 3 is 2.79 bits per heavy atom. The van der Waals surface area contributed by atoms with Gasteiger partial charge in [-0.2, -0.15) is 5.10 Å². The number of fused-ring (bicyclic) bond motifs is 5. The van der Waals surface area contributed by atoms with Gasteiger partial charge >= 0.3 is 0 Å². The molecule has 0 saturated heterocycles. The second-order valence-corrected chi connectivity index (χ2v) is 10.8. The molecule has 4 heteroatoms. The van der Waals surface area contributed by atoms with E-state index in [9.17, 15) is 9.90 Å². The van der Waals surface area contributed by atoms with E-state index in [1.165, 1.54) is 19.3 Å². The van der Waals surface area contributed by atoms with E-state index in [1.54, 1.807) is 0 Å². The highest BCUT2D eigenvalue weighted by Gasteiger charge is 2.61. The summed E-state index contributed by atoms with van der Waals surface area (Å²) in [5.41, 5.74) is 2.10. The zero-order valence-corrected chi connectivity index (χ0v) is 18.2. The summed E-state index contributed by atoms with van der Waals surface area (Å²) in [4.78, 5) is 13.5. The van der Waals surface area contributed by atoms with Crippen LogP contribution in [0.5, 0.6) is 0 Å². The summed E-state index contributed by atoms with van der Waals surface area (Å²) in [5.74, 6) is 2.92. The summed E-state index contributed by atoms with van der Waals surface area (Å²) in [6, 6.07) is 2.02. The maximum Gasteiger partial charge on any atom is 0.165 e. The molecule has 4 aliphatic carbocycles. The Kier molecular flexibility index (Phi) is 4.58. The number of hydrogen-bond acceptors (Lipinski definition) is 3. The van der Waals surface area contributed by atoms with Gasteiger partial charge in [-0.15, -0.1) is 0 Å². The van der Waals surface area contributed by atoms with Gasteiger partial charge in [0.05, 0.1) is 11.8 Å². The lowest BCUT2D eigenvalue weighted by molar-refractivity contribution is -0.141. The first-order valence-corrected chi connectivity index (χ1v) is 11.8. The molecule has 0 aliphatic heterocycles. The van der Waals surface area contributed by atoms with E-state index in [4.69, 9.17) is 0 Å². The summed E-state index contributed by atoms with van der Waals surface area (Å²) < 4.78 is 1.93. The first kappa shape index (κ1) is 19.5. The number of carbonyl (C=O) groups excluding carboxylic acids is 1. The van der Waals surface area contributed by atoms with Crippen LogP contribution in [0.2, 0.25) is 0 Å². The molecule has 0 spiro atoms. The van der Waals surface area contributed by atoms with Crippen molar-refractivity contribution < 1.29 is 9.90 Å². The maximum absolute atomic E-state index is 13.5. The molecular weight excluding hydrogens is 360 g/mol. The number of carbonyl (C=O) groups is 1. The van der Waals surface area contributed by atoms with Gasteiger partial charge in [0.1, 0.15) is 0 Å². The lowest BCUT2D eigenvalue weighted by Crippen LogP contribution is -2.54. The largest absolute Gasteiger partial charge is 0.393 e. The monoisotopic (exact) mass is 396 g/mol. The molecule has 0 bridgehead atoms. The van der Waals surface area contributed by atoms with Crippen LogP contribution in [0.15, 0.2) is 17.8 Å². The van der Waals surface area contributed by atoms with Crippen molar-refractivity contribution in [3.63, 3.8) is 0 Å². The Bertz CT molecular complexity index is 842. The predicted octanol–water partition coefficient (Wildman–Crippen LogP) is 4.87. The average Bonchev–Trinajstić information content (AvgIpc) is 3.26. The third-order valence-electron chi connectivity index (χ3n) is 9.59. The minimum atomic E-state index is -0.183. The van der Waals surface area contributed by atoms with Crippen molar-refractivity contribution in [2.24, 2.45) is 34.5 Å². The molecular formula is C25H36N2O2. The molecule has 0 amide bonds. The molecule has 1 N–H and O–H groups in total. The first-order chi connectivity index (χ1) is 13.8. The number of allylic oxidation sites excluding steroid dienone is 1. The summed E-state index contributed by atoms with van der Waals surface area (Å²) in [7, 11) is 0. The smallest absolute Gasteiger partial charge is 0.165 e. The van der Waals surface area contributed by atoms with Crippen LogP contribution in [0.25, 0.3) is 6.08 Å². The van der Waals surface area contributed by atoms with Crippen molar-refractivity contribution >= 4 is 11.9 Å². The highest BCUT2D eigenvalue weighted by molar-refractivity contribution is 6.05. The van der Waals surface area contributed by atoms with E-state index >= 15 is 0 Å². The molecule has 4 nitrogen and oxygen atoms in total. The summed E-state index contributed by atoms with van der Waals surface area (Å²) in [6.45, 7) is 7.70. The second-order valence-electron chi connectivity index (χ2n) is 10.8. The van der Waals surface area contributed by atoms with Gasteiger partial charge in [-0.3, -0.25) is 9.48 Å². The lowest BCUT2D eigenvalue weighted by Gasteiger charge is -2.59. The molecule has 1 heterocycles. The number of hydrogen-bond donors (Lipinski definition) is 1. The van der Waals surface area contributed by atoms with E-state index in [0.717, 1.165) is 55.8 Å². The van der Waals surface area contributed by atoms with Crippen LogP contribution in [0.3, 0.4) is 0 Å². The Morgan fingerprint density at radius 1 is 1.21 bits per heavy atom. The van der Waals surface area contributed by atoms with Crippen LogP contribution in [0, 0.1) is 34.5 Å². The van der Waals surface area contributed by atoms with Gasteiger partial charge < -0.3 is 5.11 Å². The van der Waals surface area contributed by atoms with Crippen molar-refractivity contribution in [1.82, 2.24) is 9.78 Å². The molecule has 158 valence electrons. The van der Waals surface area contributed by atoms with Gasteiger partial charge in [-0.1, -0.05) is 13.8 Å². The zero-order valence-electron chi connectivity index (χ0n) is 18.2. The van der Waals surface area contributed by atoms with Crippen molar-refractivity contribution in [2.75, 3.05) is 0 Å². The number of ketones is 1. The highest BCUT2D eigenvalue weighted by atomic mass is 16.3. The Labute approximate surface area is 174 Å². The van der Waals surface area contributed by atoms with Crippen LogP contribution in [0.4, 0.5) is 0 Å². The standard InChI is InChI=1S/C25H36N2O2/c1-4-27-12-9-18(26-27)13-16-14-22-20-6-5-17-15-19(28)7-10-24(17,2)21(20)8-11-25(22,3)23(16)29/h9,12-13,17,19-22,28H,4-8,10-11,14-15H2,1-3H3/b16-13+/t17-,19-,20+,21-,22-,24-,25-/m0/s1. The molecule has 1 aromatic heterocycles. The summed E-state index contributed by atoms with van der Waals surface area (Å²) in [6.07, 6.45) is 12.7. The van der Waals surface area contributed by atoms with E-state index in [0.29, 0.717) is 29.0 Å². The average molecular weight is 397 g/mol. The fourth-order valence-corrected chi connectivity index (χ4v) is 7.84. The molecule has 4 saturated carbocycles. The quantitative estimate of drug-likeness (QED) is 0.726. The van der Waals surface area contributed by atoms with Crippen LogP contribution in [0.1, 0.15) is 77.8 Å². The van der Waals surface area contributed by atoms with Crippen LogP contribution in [-0.4, -0.2) is 26.8 Å². The predicted molar refractivity (Wildman–Crippen MR) is 114 cm³/mol. The topological polar surface area (TPSA) is 55.1 Å². The molecule has 4 aliphatic rings. The molecule has 5 rings (SSSR count). The van der Waals surface area contributed by atoms with Crippen molar-refractivity contribution in [2.45, 2.75) is 84.8 Å². The number of aryl methyl sites for hydroxylation is 1. The van der Waals surface area contributed by atoms with Crippen LogP contribution >= 0.6 is 0 Å². The molecule has 1 aromatic rings. The minimum absolute atomic E-state index is 0.0935. The number of aliphatic hydroxyl groups excluding tert-OH is 1. The normalized spacial score (nSPS) is 45.7. The zero-order chi connectivity index (χ0) is 20.4. The van der Waals surface area contributed by atoms with Crippen LogP contribution in [-0.2, 0) is 11.3 Å². The molecule has 0 aromatic carbocycles. The van der Waals surface area contributed by atoms with E-state index < -0.39 is 0 Å². The van der Waals surface area contributed by atoms with Crippen LogP contribution < -0.4 is 0 Å². The molecule has 7 atom stereocenters. The van der Waals surface area contributed by atoms with E-state index in [-0.39, 0.29) is 11.5 Å². The van der Waals surface area contributed by atoms with Crippen molar-refractivity contribution in [3.8, 4) is 0 Å². The molecule has 29 heavy (non-hydrogen) atoms. The third kappa shape index (κ3) is 2.89. The minimum Gasteiger partial charge on any atom is -0.393 e. The van der Waals surface area contributed by atoms with Gasteiger partial charge in [0.25, 0.3) is 0 Å². The van der Waals surface area contributed by atoms with Gasteiger partial charge in [0.2, 0.25) is 0 Å². The lowest BCUT2D eigenvalue weighted by atomic mass is 9.45. The van der Waals surface area contributed by atoms with E-state index in [1.807, 2.05) is 16.9 Å². The summed E-state index contributed by atoms with van der Waals surface area (Å²) >= 11 is 0. The van der Waals surface area contributed by atoms with Crippen molar-refractivity contribution in [1.29, 1.82) is 0 Å². The number of Topliss-reactive ketones (excluding diaryl/α,β-unsaturated/α-hetero) is 1. The highest BCUT2D eigenvalue weighted by Crippen LogP contribution is 2.66. The molecule has 0 radical (unpaired) electrons. The fourth-order valence-electron chi connectivity index (χ4n) is 7.84. The van der Waals surface area contributed by atoms with Crippen molar-refractivity contribution in [3.05, 3.63) is 23.5 Å². The molecule has 4 fully saturated rings. The SMILES string of the molecule is CCn1ccc(/C=C2\C[C@H]3[C@@H]4CC[C@H]5C[C@@H](O)CC[C@]5(C)[C@H]4CC[C@]3(C)C2=O)n1. The third-order valence-corrected chi connectivity index (χ3v) is 9.59. The summed E-state index contributed by atoms with van der Waals surface area (Å²) in [5, 5.41) is 14.8. The Morgan fingerprint density at radius 2 is 2.03 bits per heavy atom. The number of aromatic nitrogens is 2. The number of aliphatic hydroxyl groups is 1. The number of rotatable bonds is 2. The van der Waals surface area contributed by atoms with Gasteiger partial charge in [-0.25, -0.2) is 0 Å². The second kappa shape index (κ2) is 6.80. The van der Waals surface area contributed by atoms with Gasteiger partial charge in [-0.05, 0) is 105 Å². The maximum atomic E-state index is 13.5. The van der Waals surface area contributed by atoms with Gasteiger partial charge in [0.15, 0.2) is 5.78 Å².